The summed E-state index contributed by atoms with van der Waals surface area (Å²) in [7, 11) is 0. The van der Waals surface area contributed by atoms with E-state index in [9.17, 15) is 4.79 Å². The van der Waals surface area contributed by atoms with Crippen LogP contribution < -0.4 is 11.3 Å². The van der Waals surface area contributed by atoms with Crippen LogP contribution in [0.15, 0.2) is 19.9 Å². The number of nitrogens with zero attached hydrogens (tertiary/aromatic N) is 3. The Labute approximate surface area is 140 Å². The predicted molar refractivity (Wildman–Crippen MR) is 91.6 cm³/mol. The highest BCUT2D eigenvalue weighted by atomic mass is 79.9. The zero-order valence-corrected chi connectivity index (χ0v) is 15.5. The van der Waals surface area contributed by atoms with E-state index >= 15 is 0 Å². The Kier molecular flexibility index (Phi) is 4.93. The average molecular weight is 418 g/mol. The van der Waals surface area contributed by atoms with Gasteiger partial charge in [0.15, 0.2) is 0 Å². The van der Waals surface area contributed by atoms with Crippen LogP contribution in [0.1, 0.15) is 30.8 Å². The molecule has 0 aromatic carbocycles. The van der Waals surface area contributed by atoms with Gasteiger partial charge in [-0.3, -0.25) is 9.48 Å². The molecule has 2 rings (SSSR count). The van der Waals surface area contributed by atoms with Gasteiger partial charge < -0.3 is 10.3 Å². The minimum Gasteiger partial charge on any atom is -0.397 e. The number of aromatic nitrogens is 3. The summed E-state index contributed by atoms with van der Waals surface area (Å²) < 4.78 is 5.00. The third-order valence-electron chi connectivity index (χ3n) is 3.52. The number of halogens is 2. The molecule has 5 nitrogen and oxygen atoms in total. The quantitative estimate of drug-likeness (QED) is 0.831. The van der Waals surface area contributed by atoms with E-state index in [1.807, 2.05) is 18.5 Å². The van der Waals surface area contributed by atoms with Gasteiger partial charge in [-0.05, 0) is 57.7 Å². The van der Waals surface area contributed by atoms with E-state index in [1.54, 1.807) is 10.8 Å². The standard InChI is InChI=1S/C14H18Br2N4O/c1-4-10-13(16)11(20(5-2)18-10)7-19-6-9(17)8(3)12(15)14(19)21/h6H,4-5,7,17H2,1-3H3. The molecule has 0 amide bonds. The Morgan fingerprint density at radius 2 is 1.95 bits per heavy atom. The number of rotatable bonds is 4. The van der Waals surface area contributed by atoms with Crippen LogP contribution in [0.4, 0.5) is 5.69 Å². The molecule has 0 aliphatic rings. The summed E-state index contributed by atoms with van der Waals surface area (Å²) in [5.74, 6) is 0. The normalized spacial score (nSPS) is 11.1. The second-order valence-electron chi connectivity index (χ2n) is 4.83. The summed E-state index contributed by atoms with van der Waals surface area (Å²) in [6.45, 7) is 7.11. The lowest BCUT2D eigenvalue weighted by molar-refractivity contribution is 0.588. The molecule has 0 saturated heterocycles. The number of hydrogen-bond donors (Lipinski definition) is 1. The molecule has 0 fully saturated rings. The molecule has 2 aromatic heterocycles. The Morgan fingerprint density at radius 1 is 1.29 bits per heavy atom. The van der Waals surface area contributed by atoms with Crippen molar-refractivity contribution in [1.29, 1.82) is 0 Å². The highest BCUT2D eigenvalue weighted by Crippen LogP contribution is 2.24. The highest BCUT2D eigenvalue weighted by molar-refractivity contribution is 9.10. The minimum absolute atomic E-state index is 0.0875. The van der Waals surface area contributed by atoms with Gasteiger partial charge in [0, 0.05) is 12.7 Å². The van der Waals surface area contributed by atoms with Crippen molar-refractivity contribution in [2.75, 3.05) is 5.73 Å². The first-order valence-electron chi connectivity index (χ1n) is 6.79. The lowest BCUT2D eigenvalue weighted by Crippen LogP contribution is -2.24. The molecule has 0 unspecified atom stereocenters. The van der Waals surface area contributed by atoms with Crippen molar-refractivity contribution in [2.24, 2.45) is 0 Å². The van der Waals surface area contributed by atoms with Crippen molar-refractivity contribution in [3.63, 3.8) is 0 Å². The van der Waals surface area contributed by atoms with Crippen molar-refractivity contribution >= 4 is 37.5 Å². The van der Waals surface area contributed by atoms with Crippen LogP contribution in [0.25, 0.3) is 0 Å². The Bertz CT molecular complexity index is 734. The van der Waals surface area contributed by atoms with Crippen LogP contribution in [0.2, 0.25) is 0 Å². The van der Waals surface area contributed by atoms with Crippen LogP contribution >= 0.6 is 31.9 Å². The molecular weight excluding hydrogens is 400 g/mol. The lowest BCUT2D eigenvalue weighted by atomic mass is 10.2. The van der Waals surface area contributed by atoms with Crippen LogP contribution in [0, 0.1) is 6.92 Å². The van der Waals surface area contributed by atoms with Crippen molar-refractivity contribution < 1.29 is 0 Å². The second-order valence-corrected chi connectivity index (χ2v) is 6.42. The van der Waals surface area contributed by atoms with Crippen LogP contribution in [-0.4, -0.2) is 14.3 Å². The summed E-state index contributed by atoms with van der Waals surface area (Å²) in [5.41, 5.74) is 9.22. The van der Waals surface area contributed by atoms with E-state index in [2.05, 4.69) is 43.9 Å². The number of nitrogen functional groups attached to an aromatic ring is 1. The van der Waals surface area contributed by atoms with Crippen molar-refractivity contribution in [1.82, 2.24) is 14.3 Å². The summed E-state index contributed by atoms with van der Waals surface area (Å²) in [4.78, 5) is 12.3. The average Bonchev–Trinajstić information content (AvgIpc) is 2.78. The van der Waals surface area contributed by atoms with Gasteiger partial charge in [-0.1, -0.05) is 6.92 Å². The third-order valence-corrected chi connectivity index (χ3v) is 5.37. The Morgan fingerprint density at radius 3 is 2.52 bits per heavy atom. The van der Waals surface area contributed by atoms with E-state index < -0.39 is 0 Å². The van der Waals surface area contributed by atoms with Gasteiger partial charge in [-0.2, -0.15) is 5.10 Å². The summed E-state index contributed by atoms with van der Waals surface area (Å²) in [6.07, 6.45) is 2.53. The molecule has 21 heavy (non-hydrogen) atoms. The fourth-order valence-electron chi connectivity index (χ4n) is 2.18. The number of hydrogen-bond acceptors (Lipinski definition) is 3. The molecule has 0 bridgehead atoms. The molecule has 0 radical (unpaired) electrons. The first-order chi connectivity index (χ1) is 9.90. The highest BCUT2D eigenvalue weighted by Gasteiger charge is 2.16. The van der Waals surface area contributed by atoms with Gasteiger partial charge in [-0.25, -0.2) is 0 Å². The molecule has 0 saturated carbocycles. The number of pyridine rings is 1. The lowest BCUT2D eigenvalue weighted by Gasteiger charge is -2.12. The number of nitrogens with two attached hydrogens (primary N) is 1. The minimum atomic E-state index is -0.0875. The van der Waals surface area contributed by atoms with E-state index in [-0.39, 0.29) is 5.56 Å². The van der Waals surface area contributed by atoms with Gasteiger partial charge in [0.2, 0.25) is 0 Å². The van der Waals surface area contributed by atoms with Gasteiger partial charge in [0.05, 0.1) is 32.6 Å². The van der Waals surface area contributed by atoms with Crippen LogP contribution in [-0.2, 0) is 19.5 Å². The molecule has 7 heteroatoms. The smallest absolute Gasteiger partial charge is 0.265 e. The monoisotopic (exact) mass is 416 g/mol. The SMILES string of the molecule is CCc1nn(CC)c(Cn2cc(N)c(C)c(Br)c2=O)c1Br. The Balaban J connectivity index is 2.53. The van der Waals surface area contributed by atoms with E-state index in [4.69, 9.17) is 5.73 Å². The number of anilines is 1. The maximum absolute atomic E-state index is 12.3. The molecule has 0 spiro atoms. The van der Waals surface area contributed by atoms with E-state index in [0.29, 0.717) is 16.7 Å². The maximum atomic E-state index is 12.3. The fourth-order valence-corrected chi connectivity index (χ4v) is 3.33. The Hall–Kier alpha value is -1.08. The third kappa shape index (κ3) is 2.94. The predicted octanol–water partition coefficient (Wildman–Crippen LogP) is 3.09. The zero-order valence-electron chi connectivity index (χ0n) is 12.3. The van der Waals surface area contributed by atoms with E-state index in [1.165, 1.54) is 0 Å². The van der Waals surface area contributed by atoms with Crippen LogP contribution in [0.5, 0.6) is 0 Å². The van der Waals surface area contributed by atoms with Crippen molar-refractivity contribution in [3.05, 3.63) is 42.4 Å². The molecule has 2 N–H and O–H groups in total. The first kappa shape index (κ1) is 16.3. The molecule has 114 valence electrons. The van der Waals surface area contributed by atoms with Crippen molar-refractivity contribution in [2.45, 2.75) is 40.3 Å². The van der Waals surface area contributed by atoms with Gasteiger partial charge >= 0.3 is 0 Å². The topological polar surface area (TPSA) is 65.8 Å². The maximum Gasteiger partial charge on any atom is 0.265 e. The zero-order chi connectivity index (χ0) is 15.7. The first-order valence-corrected chi connectivity index (χ1v) is 8.38. The fraction of sp³-hybridized carbons (Fsp3) is 0.429. The van der Waals surface area contributed by atoms with E-state index in [0.717, 1.165) is 34.4 Å². The largest absolute Gasteiger partial charge is 0.397 e. The van der Waals surface area contributed by atoms with Gasteiger partial charge in [0.1, 0.15) is 0 Å². The second kappa shape index (κ2) is 6.36. The summed E-state index contributed by atoms with van der Waals surface area (Å²) in [6, 6.07) is 0. The van der Waals surface area contributed by atoms with Crippen molar-refractivity contribution in [3.8, 4) is 0 Å². The molecule has 0 aliphatic carbocycles. The summed E-state index contributed by atoms with van der Waals surface area (Å²) in [5, 5.41) is 4.55. The number of aryl methyl sites for hydroxylation is 2. The molecule has 2 heterocycles. The molecule has 0 atom stereocenters. The molecule has 0 aliphatic heterocycles. The van der Waals surface area contributed by atoms with Gasteiger partial charge in [0.25, 0.3) is 5.56 Å². The molecule has 2 aromatic rings. The molecular formula is C14H18Br2N4O. The summed E-state index contributed by atoms with van der Waals surface area (Å²) >= 11 is 6.91. The van der Waals surface area contributed by atoms with Gasteiger partial charge in [-0.15, -0.1) is 0 Å². The van der Waals surface area contributed by atoms with Crippen LogP contribution in [0.3, 0.4) is 0 Å².